The average molecular weight is 387 g/mol. The summed E-state index contributed by atoms with van der Waals surface area (Å²) in [5.41, 5.74) is 3.71. The second-order valence-electron chi connectivity index (χ2n) is 7.17. The zero-order valence-corrected chi connectivity index (χ0v) is 16.9. The van der Waals surface area contributed by atoms with Crippen LogP contribution in [0.5, 0.6) is 0 Å². The molecule has 5 nitrogen and oxygen atoms in total. The molecule has 1 fully saturated rings. The maximum atomic E-state index is 13.0. The van der Waals surface area contributed by atoms with Crippen LogP contribution in [-0.4, -0.2) is 31.7 Å². The maximum Gasteiger partial charge on any atom is 0.255 e. The Balaban J connectivity index is 1.92. The average Bonchev–Trinajstić information content (AvgIpc) is 2.65. The molecule has 1 N–H and O–H groups in total. The first kappa shape index (κ1) is 19.6. The van der Waals surface area contributed by atoms with Crippen LogP contribution in [0.3, 0.4) is 0 Å². The van der Waals surface area contributed by atoms with E-state index in [0.717, 1.165) is 36.1 Å². The van der Waals surface area contributed by atoms with Crippen LogP contribution in [0.1, 0.15) is 46.3 Å². The highest BCUT2D eigenvalue weighted by atomic mass is 32.2. The van der Waals surface area contributed by atoms with Crippen LogP contribution < -0.4 is 5.32 Å². The number of amides is 1. The van der Waals surface area contributed by atoms with E-state index in [1.807, 2.05) is 32.0 Å². The zero-order valence-electron chi connectivity index (χ0n) is 16.1. The summed E-state index contributed by atoms with van der Waals surface area (Å²) in [5, 5.41) is 2.93. The lowest BCUT2D eigenvalue weighted by Gasteiger charge is -2.26. The van der Waals surface area contributed by atoms with Gasteiger partial charge in [-0.2, -0.15) is 4.31 Å². The Hall–Kier alpha value is -2.18. The second kappa shape index (κ2) is 7.82. The number of para-hydroxylation sites is 1. The predicted molar refractivity (Wildman–Crippen MR) is 108 cm³/mol. The molecule has 1 aliphatic heterocycles. The lowest BCUT2D eigenvalue weighted by Crippen LogP contribution is -2.36. The minimum Gasteiger partial charge on any atom is -0.322 e. The number of benzene rings is 2. The monoisotopic (exact) mass is 386 g/mol. The quantitative estimate of drug-likeness (QED) is 0.862. The molecule has 27 heavy (non-hydrogen) atoms. The molecule has 2 aromatic rings. The first-order valence-corrected chi connectivity index (χ1v) is 10.7. The number of nitrogens with one attached hydrogen (secondary N) is 1. The van der Waals surface area contributed by atoms with Crippen molar-refractivity contribution in [2.24, 2.45) is 0 Å². The van der Waals surface area contributed by atoms with Crippen molar-refractivity contribution < 1.29 is 13.2 Å². The van der Waals surface area contributed by atoms with Gasteiger partial charge in [-0.25, -0.2) is 8.42 Å². The molecule has 144 valence electrons. The summed E-state index contributed by atoms with van der Waals surface area (Å²) in [6.45, 7) is 6.72. The Labute approximate surface area is 161 Å². The molecular weight excluding hydrogens is 360 g/mol. The number of carbonyl (C=O) groups is 1. The lowest BCUT2D eigenvalue weighted by molar-refractivity contribution is 0.102. The van der Waals surface area contributed by atoms with E-state index in [-0.39, 0.29) is 10.8 Å². The van der Waals surface area contributed by atoms with Crippen molar-refractivity contribution in [1.82, 2.24) is 4.31 Å². The molecule has 1 heterocycles. The van der Waals surface area contributed by atoms with Gasteiger partial charge in [0.2, 0.25) is 10.0 Å². The van der Waals surface area contributed by atoms with Crippen LogP contribution in [0, 0.1) is 20.8 Å². The van der Waals surface area contributed by atoms with Gasteiger partial charge in [0.05, 0.1) is 4.90 Å². The first-order valence-electron chi connectivity index (χ1n) is 9.29. The Kier molecular flexibility index (Phi) is 5.67. The molecule has 2 aromatic carbocycles. The van der Waals surface area contributed by atoms with E-state index in [0.29, 0.717) is 24.2 Å². The van der Waals surface area contributed by atoms with Gasteiger partial charge in [-0.3, -0.25) is 4.79 Å². The van der Waals surface area contributed by atoms with Crippen molar-refractivity contribution in [1.29, 1.82) is 0 Å². The molecule has 0 aliphatic carbocycles. The smallest absolute Gasteiger partial charge is 0.255 e. The summed E-state index contributed by atoms with van der Waals surface area (Å²) in [7, 11) is -3.58. The number of rotatable bonds is 4. The van der Waals surface area contributed by atoms with Crippen molar-refractivity contribution in [3.8, 4) is 0 Å². The van der Waals surface area contributed by atoms with Gasteiger partial charge in [-0.15, -0.1) is 0 Å². The van der Waals surface area contributed by atoms with Crippen LogP contribution in [0.15, 0.2) is 41.3 Å². The molecule has 0 radical (unpaired) electrons. The Morgan fingerprint density at radius 2 is 1.56 bits per heavy atom. The number of nitrogens with zero attached hydrogens (tertiary/aromatic N) is 1. The molecule has 0 aromatic heterocycles. The van der Waals surface area contributed by atoms with Gasteiger partial charge >= 0.3 is 0 Å². The van der Waals surface area contributed by atoms with Gasteiger partial charge in [-0.05, 0) is 62.4 Å². The van der Waals surface area contributed by atoms with Crippen molar-refractivity contribution in [3.05, 3.63) is 58.7 Å². The third kappa shape index (κ3) is 4.06. The molecule has 1 amide bonds. The van der Waals surface area contributed by atoms with Crippen molar-refractivity contribution in [3.63, 3.8) is 0 Å². The molecule has 0 unspecified atom stereocenters. The fourth-order valence-electron chi connectivity index (χ4n) is 3.46. The van der Waals surface area contributed by atoms with Crippen LogP contribution in [0.2, 0.25) is 0 Å². The molecule has 6 heteroatoms. The zero-order chi connectivity index (χ0) is 19.6. The van der Waals surface area contributed by atoms with E-state index in [4.69, 9.17) is 0 Å². The normalized spacial score (nSPS) is 15.5. The molecule has 0 bridgehead atoms. The number of anilines is 1. The molecular formula is C21H26N2O3S. The molecule has 0 saturated carbocycles. The fourth-order valence-corrected chi connectivity index (χ4v) is 5.23. The number of carbonyl (C=O) groups excluding carboxylic acids is 1. The summed E-state index contributed by atoms with van der Waals surface area (Å²) in [6.07, 6.45) is 2.82. The summed E-state index contributed by atoms with van der Waals surface area (Å²) >= 11 is 0. The van der Waals surface area contributed by atoms with Gasteiger partial charge in [-0.1, -0.05) is 30.7 Å². The SMILES string of the molecule is Cc1ccc(C(=O)Nc2c(C)cccc2C)cc1S(=O)(=O)N1CCCCC1. The highest BCUT2D eigenvalue weighted by molar-refractivity contribution is 7.89. The summed E-state index contributed by atoms with van der Waals surface area (Å²) in [5.74, 6) is -0.303. The minimum atomic E-state index is -3.58. The van der Waals surface area contributed by atoms with Crippen LogP contribution >= 0.6 is 0 Å². The Bertz CT molecular complexity index is 941. The Morgan fingerprint density at radius 3 is 2.19 bits per heavy atom. The largest absolute Gasteiger partial charge is 0.322 e. The van der Waals surface area contributed by atoms with Crippen LogP contribution in [0.25, 0.3) is 0 Å². The first-order chi connectivity index (χ1) is 12.8. The highest BCUT2D eigenvalue weighted by Gasteiger charge is 2.28. The number of aryl methyl sites for hydroxylation is 3. The third-order valence-electron chi connectivity index (χ3n) is 5.10. The molecule has 0 spiro atoms. The van der Waals surface area contributed by atoms with E-state index in [9.17, 15) is 13.2 Å². The topological polar surface area (TPSA) is 66.5 Å². The van der Waals surface area contributed by atoms with Gasteiger partial charge in [0, 0.05) is 24.3 Å². The van der Waals surface area contributed by atoms with E-state index >= 15 is 0 Å². The van der Waals surface area contributed by atoms with E-state index in [1.54, 1.807) is 19.1 Å². The predicted octanol–water partition coefficient (Wildman–Crippen LogP) is 4.04. The van der Waals surface area contributed by atoms with Gasteiger partial charge in [0.15, 0.2) is 0 Å². The summed E-state index contributed by atoms with van der Waals surface area (Å²) < 4.78 is 27.6. The fraction of sp³-hybridized carbons (Fsp3) is 0.381. The maximum absolute atomic E-state index is 13.0. The Morgan fingerprint density at radius 1 is 0.926 bits per heavy atom. The second-order valence-corrected chi connectivity index (χ2v) is 9.07. The third-order valence-corrected chi connectivity index (χ3v) is 7.14. The number of hydrogen-bond donors (Lipinski definition) is 1. The molecule has 0 atom stereocenters. The molecule has 3 rings (SSSR count). The van der Waals surface area contributed by atoms with Gasteiger partial charge in [0.25, 0.3) is 5.91 Å². The van der Waals surface area contributed by atoms with Gasteiger partial charge in [0.1, 0.15) is 0 Å². The van der Waals surface area contributed by atoms with Crippen LogP contribution in [-0.2, 0) is 10.0 Å². The van der Waals surface area contributed by atoms with E-state index < -0.39 is 10.0 Å². The summed E-state index contributed by atoms with van der Waals surface area (Å²) in [6, 6.07) is 10.7. The van der Waals surface area contributed by atoms with E-state index in [2.05, 4.69) is 5.32 Å². The van der Waals surface area contributed by atoms with E-state index in [1.165, 1.54) is 10.4 Å². The number of sulfonamides is 1. The molecule has 1 saturated heterocycles. The lowest BCUT2D eigenvalue weighted by atomic mass is 10.1. The highest BCUT2D eigenvalue weighted by Crippen LogP contribution is 2.25. The van der Waals surface area contributed by atoms with Gasteiger partial charge < -0.3 is 5.32 Å². The van der Waals surface area contributed by atoms with Crippen LogP contribution in [0.4, 0.5) is 5.69 Å². The number of piperidine rings is 1. The van der Waals surface area contributed by atoms with Crippen molar-refractivity contribution in [2.45, 2.75) is 44.9 Å². The van der Waals surface area contributed by atoms with Crippen molar-refractivity contribution in [2.75, 3.05) is 18.4 Å². The molecule has 1 aliphatic rings. The minimum absolute atomic E-state index is 0.221. The van der Waals surface area contributed by atoms with Crippen molar-refractivity contribution >= 4 is 21.6 Å². The summed E-state index contributed by atoms with van der Waals surface area (Å²) in [4.78, 5) is 13.0. The number of hydrogen-bond acceptors (Lipinski definition) is 3. The standard InChI is InChI=1S/C21H26N2O3S/c1-15-10-11-18(21(24)22-20-16(2)8-7-9-17(20)3)14-19(15)27(25,26)23-12-5-4-6-13-23/h7-11,14H,4-6,12-13H2,1-3H3,(H,22,24).